The van der Waals surface area contributed by atoms with Crippen molar-refractivity contribution < 1.29 is 9.21 Å². The van der Waals surface area contributed by atoms with Gasteiger partial charge in [-0.3, -0.25) is 4.79 Å². The lowest BCUT2D eigenvalue weighted by atomic mass is 9.99. The van der Waals surface area contributed by atoms with E-state index in [9.17, 15) is 4.79 Å². The van der Waals surface area contributed by atoms with E-state index in [2.05, 4.69) is 29.2 Å². The average molecular weight is 278 g/mol. The van der Waals surface area contributed by atoms with Gasteiger partial charge in [-0.25, -0.2) is 0 Å². The van der Waals surface area contributed by atoms with E-state index in [0.717, 1.165) is 24.4 Å². The first-order valence-corrected chi connectivity index (χ1v) is 7.29. The van der Waals surface area contributed by atoms with Crippen LogP contribution in [0.15, 0.2) is 53.2 Å². The lowest BCUT2D eigenvalue weighted by Crippen LogP contribution is -2.49. The number of nitrogens with zero attached hydrogens (tertiary/aromatic N) is 2. The first-order valence-electron chi connectivity index (χ1n) is 7.29. The second kappa shape index (κ2) is 3.79. The van der Waals surface area contributed by atoms with Crippen LogP contribution in [0.1, 0.15) is 23.7 Å². The number of rotatable bonds is 1. The molecule has 4 nitrogen and oxygen atoms in total. The fourth-order valence-corrected chi connectivity index (χ4v) is 3.97. The Hall–Kier alpha value is -2.49. The largest absolute Gasteiger partial charge is 0.463 e. The molecule has 3 aliphatic heterocycles. The molecule has 1 aromatic heterocycles. The Balaban J connectivity index is 1.76. The number of furan rings is 1. The molecule has 2 aromatic rings. The summed E-state index contributed by atoms with van der Waals surface area (Å²) in [6.07, 6.45) is 4.50. The Morgan fingerprint density at radius 1 is 1.14 bits per heavy atom. The zero-order valence-electron chi connectivity index (χ0n) is 11.4. The van der Waals surface area contributed by atoms with E-state index in [1.165, 1.54) is 11.3 Å². The topological polar surface area (TPSA) is 36.7 Å². The lowest BCUT2D eigenvalue weighted by molar-refractivity contribution is -0.127. The fraction of sp³-hybridized carbons (Fsp3) is 0.235. The quantitative estimate of drug-likeness (QED) is 0.805. The summed E-state index contributed by atoms with van der Waals surface area (Å²) in [5.41, 5.74) is 3.42. The van der Waals surface area contributed by atoms with Crippen molar-refractivity contribution in [2.75, 3.05) is 11.4 Å². The molecule has 0 saturated carbocycles. The molecular formula is C17H14N2O2. The number of amides is 1. The van der Waals surface area contributed by atoms with Crippen molar-refractivity contribution >= 4 is 17.3 Å². The van der Waals surface area contributed by atoms with Gasteiger partial charge >= 0.3 is 0 Å². The smallest absolute Gasteiger partial charge is 0.250 e. The second-order valence-electron chi connectivity index (χ2n) is 5.78. The maximum Gasteiger partial charge on any atom is 0.250 e. The molecular weight excluding hydrogens is 264 g/mol. The van der Waals surface area contributed by atoms with Gasteiger partial charge in [-0.15, -0.1) is 0 Å². The van der Waals surface area contributed by atoms with Gasteiger partial charge in [0.2, 0.25) is 5.91 Å². The van der Waals surface area contributed by atoms with E-state index in [-0.39, 0.29) is 12.1 Å². The maximum atomic E-state index is 12.4. The Kier molecular flexibility index (Phi) is 2.02. The van der Waals surface area contributed by atoms with Crippen molar-refractivity contribution in [1.29, 1.82) is 0 Å². The van der Waals surface area contributed by atoms with Crippen molar-refractivity contribution in [2.24, 2.45) is 0 Å². The molecule has 1 fully saturated rings. The molecule has 3 aliphatic rings. The second-order valence-corrected chi connectivity index (χ2v) is 5.78. The first-order chi connectivity index (χ1) is 10.3. The van der Waals surface area contributed by atoms with Gasteiger partial charge in [-0.2, -0.15) is 0 Å². The standard InChI is InChI=1S/C17H14N2O2/c20-16-10-14(15-6-3-9-21-15)19-13-5-2-1-4-11(13)12-7-8-18(16)17(12)19/h1-6,9-10,12,17H,7-8H2/t12-,17+/m0/s1. The summed E-state index contributed by atoms with van der Waals surface area (Å²) >= 11 is 0. The Labute approximate surface area is 122 Å². The SMILES string of the molecule is O=C1C=C(c2ccco2)N2c3ccccc3[C@@H]3CCN1[C@@H]32. The minimum Gasteiger partial charge on any atom is -0.463 e. The summed E-state index contributed by atoms with van der Waals surface area (Å²) in [6.45, 7) is 0.834. The Bertz CT molecular complexity index is 763. The molecule has 1 saturated heterocycles. The number of carbonyl (C=O) groups excluding carboxylic acids is 1. The number of fused-ring (bicyclic) bond motifs is 3. The van der Waals surface area contributed by atoms with Gasteiger partial charge in [0.1, 0.15) is 6.17 Å². The molecule has 5 rings (SSSR count). The summed E-state index contributed by atoms with van der Waals surface area (Å²) in [4.78, 5) is 16.7. The highest BCUT2D eigenvalue weighted by Gasteiger charge is 2.51. The van der Waals surface area contributed by atoms with Crippen molar-refractivity contribution in [3.63, 3.8) is 0 Å². The highest BCUT2D eigenvalue weighted by molar-refractivity contribution is 6.02. The fourth-order valence-electron chi connectivity index (χ4n) is 3.97. The molecule has 0 bridgehead atoms. The predicted octanol–water partition coefficient (Wildman–Crippen LogP) is 2.80. The summed E-state index contributed by atoms with van der Waals surface area (Å²) < 4.78 is 5.55. The molecule has 0 radical (unpaired) electrons. The van der Waals surface area contributed by atoms with Gasteiger partial charge in [0, 0.05) is 24.2 Å². The van der Waals surface area contributed by atoms with Gasteiger partial charge in [0.15, 0.2) is 5.76 Å². The molecule has 0 N–H and O–H groups in total. The van der Waals surface area contributed by atoms with Crippen LogP contribution in [0.25, 0.3) is 5.70 Å². The molecule has 0 spiro atoms. The van der Waals surface area contributed by atoms with E-state index in [1.54, 1.807) is 12.3 Å². The lowest BCUT2D eigenvalue weighted by Gasteiger charge is -2.38. The number of para-hydroxylation sites is 1. The van der Waals surface area contributed by atoms with E-state index < -0.39 is 0 Å². The molecule has 0 unspecified atom stereocenters. The maximum absolute atomic E-state index is 12.4. The van der Waals surface area contributed by atoms with Gasteiger partial charge in [-0.05, 0) is 30.2 Å². The number of carbonyl (C=O) groups is 1. The van der Waals surface area contributed by atoms with E-state index in [0.29, 0.717) is 5.92 Å². The normalized spacial score (nSPS) is 25.9. The third-order valence-corrected chi connectivity index (χ3v) is 4.80. The summed E-state index contributed by atoms with van der Waals surface area (Å²) in [6, 6.07) is 12.2. The molecule has 2 atom stereocenters. The summed E-state index contributed by atoms with van der Waals surface area (Å²) in [7, 11) is 0. The van der Waals surface area contributed by atoms with E-state index in [1.807, 2.05) is 17.0 Å². The number of hydrogen-bond donors (Lipinski definition) is 0. The molecule has 1 aromatic carbocycles. The van der Waals surface area contributed by atoms with E-state index in [4.69, 9.17) is 4.42 Å². The Morgan fingerprint density at radius 2 is 2.05 bits per heavy atom. The van der Waals surface area contributed by atoms with Crippen LogP contribution >= 0.6 is 0 Å². The number of anilines is 1. The van der Waals surface area contributed by atoms with Crippen molar-refractivity contribution in [3.8, 4) is 0 Å². The average Bonchev–Trinajstić information content (AvgIpc) is 3.22. The molecule has 4 heterocycles. The highest BCUT2D eigenvalue weighted by Crippen LogP contribution is 2.52. The summed E-state index contributed by atoms with van der Waals surface area (Å²) in [5, 5.41) is 0. The number of hydrogen-bond acceptors (Lipinski definition) is 3. The van der Waals surface area contributed by atoms with Gasteiger partial charge in [0.05, 0.1) is 12.0 Å². The van der Waals surface area contributed by atoms with Crippen LogP contribution in [-0.4, -0.2) is 23.5 Å². The molecule has 21 heavy (non-hydrogen) atoms. The zero-order chi connectivity index (χ0) is 14.0. The highest BCUT2D eigenvalue weighted by atomic mass is 16.3. The van der Waals surface area contributed by atoms with Crippen molar-refractivity contribution in [1.82, 2.24) is 4.90 Å². The van der Waals surface area contributed by atoms with Crippen LogP contribution in [0, 0.1) is 0 Å². The minimum atomic E-state index is 0.0953. The molecule has 4 heteroatoms. The van der Waals surface area contributed by atoms with E-state index >= 15 is 0 Å². The molecule has 104 valence electrons. The van der Waals surface area contributed by atoms with Gasteiger partial charge in [0.25, 0.3) is 0 Å². The zero-order valence-corrected chi connectivity index (χ0v) is 11.4. The monoisotopic (exact) mass is 278 g/mol. The summed E-state index contributed by atoms with van der Waals surface area (Å²) in [5.74, 6) is 1.26. The van der Waals surface area contributed by atoms with Crippen LogP contribution in [0.2, 0.25) is 0 Å². The molecule has 1 amide bonds. The third-order valence-electron chi connectivity index (χ3n) is 4.80. The third kappa shape index (κ3) is 1.32. The van der Waals surface area contributed by atoms with Gasteiger partial charge < -0.3 is 14.2 Å². The van der Waals surface area contributed by atoms with Crippen LogP contribution in [-0.2, 0) is 4.79 Å². The van der Waals surface area contributed by atoms with Crippen LogP contribution in [0.4, 0.5) is 5.69 Å². The molecule has 0 aliphatic carbocycles. The number of benzene rings is 1. The first kappa shape index (κ1) is 11.2. The van der Waals surface area contributed by atoms with Crippen LogP contribution in [0.3, 0.4) is 0 Å². The Morgan fingerprint density at radius 3 is 2.90 bits per heavy atom. The predicted molar refractivity (Wildman–Crippen MR) is 78.5 cm³/mol. The van der Waals surface area contributed by atoms with Crippen molar-refractivity contribution in [3.05, 3.63) is 60.1 Å². The van der Waals surface area contributed by atoms with Crippen molar-refractivity contribution in [2.45, 2.75) is 18.5 Å². The van der Waals surface area contributed by atoms with Gasteiger partial charge in [-0.1, -0.05) is 18.2 Å². The van der Waals surface area contributed by atoms with Crippen LogP contribution in [0.5, 0.6) is 0 Å². The minimum absolute atomic E-state index is 0.0953. The van der Waals surface area contributed by atoms with Crippen LogP contribution < -0.4 is 4.90 Å².